The third kappa shape index (κ3) is 3.81. The van der Waals surface area contributed by atoms with Crippen molar-refractivity contribution in [2.45, 2.75) is 55.6 Å². The number of amides is 1. The number of benzene rings is 1. The van der Waals surface area contributed by atoms with Gasteiger partial charge in [-0.25, -0.2) is 4.98 Å². The average Bonchev–Trinajstić information content (AvgIpc) is 3.25. The summed E-state index contributed by atoms with van der Waals surface area (Å²) < 4.78 is 36.6. The smallest absolute Gasteiger partial charge is 0.388 e. The predicted octanol–water partition coefficient (Wildman–Crippen LogP) is 3.83. The molecule has 1 amide bonds. The summed E-state index contributed by atoms with van der Waals surface area (Å²) in [5.74, 6) is 0.0843. The lowest BCUT2D eigenvalue weighted by Gasteiger charge is -2.70. The molecule has 2 atom stereocenters. The van der Waals surface area contributed by atoms with E-state index in [1.54, 1.807) is 30.5 Å². The first-order valence-electron chi connectivity index (χ1n) is 11.2. The molecule has 2 N–H and O–H groups in total. The van der Waals surface area contributed by atoms with E-state index in [-0.39, 0.29) is 29.3 Å². The van der Waals surface area contributed by atoms with Crippen LogP contribution in [0.1, 0.15) is 37.4 Å². The van der Waals surface area contributed by atoms with Crippen LogP contribution in [0.3, 0.4) is 0 Å². The van der Waals surface area contributed by atoms with Crippen molar-refractivity contribution in [3.8, 4) is 22.8 Å². The number of carbonyl (C=O) groups excluding carboxylic acids is 1. The number of hydrogen-bond donors (Lipinski definition) is 2. The quantitative estimate of drug-likeness (QED) is 0.531. The van der Waals surface area contributed by atoms with Crippen LogP contribution in [0.4, 0.5) is 8.78 Å². The second-order valence-corrected chi connectivity index (χ2v) is 9.94. The fraction of sp³-hybridized carbons (Fsp3) is 0.375. The van der Waals surface area contributed by atoms with Gasteiger partial charge >= 0.3 is 6.61 Å². The van der Waals surface area contributed by atoms with Gasteiger partial charge in [0.25, 0.3) is 5.91 Å². The van der Waals surface area contributed by atoms with E-state index in [4.69, 9.17) is 16.3 Å². The van der Waals surface area contributed by atoms with Gasteiger partial charge in [0, 0.05) is 52.1 Å². The van der Waals surface area contributed by atoms with Gasteiger partial charge in [0.15, 0.2) is 6.10 Å². The summed E-state index contributed by atoms with van der Waals surface area (Å²) in [6, 6.07) is 8.03. The van der Waals surface area contributed by atoms with Crippen molar-refractivity contribution in [2.75, 3.05) is 0 Å². The first kappa shape index (κ1) is 22.2. The van der Waals surface area contributed by atoms with Gasteiger partial charge in [-0.1, -0.05) is 11.6 Å². The lowest BCUT2D eigenvalue weighted by Crippen LogP contribution is -2.79. The van der Waals surface area contributed by atoms with Gasteiger partial charge in [-0.3, -0.25) is 9.48 Å². The van der Waals surface area contributed by atoms with Crippen LogP contribution >= 0.6 is 11.6 Å². The van der Waals surface area contributed by atoms with E-state index < -0.39 is 18.8 Å². The van der Waals surface area contributed by atoms with E-state index in [0.717, 1.165) is 30.4 Å². The number of rotatable bonds is 6. The van der Waals surface area contributed by atoms with E-state index in [2.05, 4.69) is 20.1 Å². The first-order chi connectivity index (χ1) is 16.7. The molecule has 8 nitrogen and oxygen atoms in total. The highest BCUT2D eigenvalue weighted by Crippen LogP contribution is 2.65. The van der Waals surface area contributed by atoms with Crippen LogP contribution in [0, 0.1) is 0 Å². The maximum Gasteiger partial charge on any atom is 0.388 e. The Hall–Kier alpha value is -3.24. The number of aliphatic hydroxyl groups excluding tert-OH is 1. The number of hydrogen-bond acceptors (Lipinski definition) is 6. The predicted molar refractivity (Wildman–Crippen MR) is 120 cm³/mol. The normalized spacial score (nSPS) is 28.4. The summed E-state index contributed by atoms with van der Waals surface area (Å²) in [5.41, 5.74) is 1.68. The Labute approximate surface area is 203 Å². The van der Waals surface area contributed by atoms with E-state index in [0.29, 0.717) is 16.3 Å². The van der Waals surface area contributed by atoms with E-state index in [9.17, 15) is 18.7 Å². The molecule has 0 spiro atoms. The number of ether oxygens (including phenoxy) is 2. The molecule has 4 aliphatic rings. The van der Waals surface area contributed by atoms with Gasteiger partial charge in [0.2, 0.25) is 5.88 Å². The Morgan fingerprint density at radius 1 is 1.23 bits per heavy atom. The number of nitrogens with zero attached hydrogens (tertiary/aromatic N) is 3. The molecule has 3 saturated carbocycles. The summed E-state index contributed by atoms with van der Waals surface area (Å²) in [6.45, 7) is -2.92. The SMILES string of the molecule is O=C(NC12CC(n3cc(-c4ccc(OC(F)F)nc4)cn3)(C1)C2)[C@@H]1C[C@@H](O)c2cc(Cl)ccc2O1. The largest absolute Gasteiger partial charge is 0.480 e. The molecule has 7 rings (SSSR count). The van der Waals surface area contributed by atoms with Crippen LogP contribution in [0.2, 0.25) is 5.02 Å². The van der Waals surface area contributed by atoms with Crippen LogP contribution in [0.5, 0.6) is 11.6 Å². The topological polar surface area (TPSA) is 98.5 Å². The average molecular weight is 503 g/mol. The van der Waals surface area contributed by atoms with Crippen molar-refractivity contribution in [2.24, 2.45) is 0 Å². The zero-order chi connectivity index (χ0) is 24.4. The van der Waals surface area contributed by atoms with Crippen LogP contribution in [-0.2, 0) is 10.3 Å². The van der Waals surface area contributed by atoms with E-state index in [1.165, 1.54) is 12.3 Å². The highest BCUT2D eigenvalue weighted by molar-refractivity contribution is 6.30. The van der Waals surface area contributed by atoms with Crippen molar-refractivity contribution in [1.82, 2.24) is 20.1 Å². The third-order valence-corrected chi connectivity index (χ3v) is 7.30. The van der Waals surface area contributed by atoms with Gasteiger partial charge < -0.3 is 19.9 Å². The molecule has 3 aliphatic carbocycles. The first-order valence-corrected chi connectivity index (χ1v) is 11.5. The number of nitrogens with one attached hydrogen (secondary N) is 1. The monoisotopic (exact) mass is 502 g/mol. The van der Waals surface area contributed by atoms with Gasteiger partial charge in [-0.05, 0) is 43.5 Å². The lowest BCUT2D eigenvalue weighted by molar-refractivity contribution is -0.165. The summed E-state index contributed by atoms with van der Waals surface area (Å²) in [6.07, 6.45) is 5.88. The number of pyridine rings is 1. The molecule has 3 fully saturated rings. The minimum Gasteiger partial charge on any atom is -0.480 e. The van der Waals surface area contributed by atoms with Gasteiger partial charge in [-0.2, -0.15) is 13.9 Å². The fourth-order valence-corrected chi connectivity index (χ4v) is 5.65. The van der Waals surface area contributed by atoms with Gasteiger partial charge in [0.1, 0.15) is 5.75 Å². The Morgan fingerprint density at radius 2 is 2.03 bits per heavy atom. The second kappa shape index (κ2) is 7.89. The molecule has 0 saturated heterocycles. The van der Waals surface area contributed by atoms with Crippen molar-refractivity contribution in [1.29, 1.82) is 0 Å². The highest BCUT2D eigenvalue weighted by Gasteiger charge is 2.70. The van der Waals surface area contributed by atoms with Crippen molar-refractivity contribution < 1.29 is 28.2 Å². The second-order valence-electron chi connectivity index (χ2n) is 9.50. The fourth-order valence-electron chi connectivity index (χ4n) is 5.47. The van der Waals surface area contributed by atoms with Crippen LogP contribution in [-0.4, -0.2) is 44.0 Å². The third-order valence-electron chi connectivity index (χ3n) is 7.07. The number of aromatic nitrogens is 3. The summed E-state index contributed by atoms with van der Waals surface area (Å²) >= 11 is 6.00. The molecular weight excluding hydrogens is 482 g/mol. The summed E-state index contributed by atoms with van der Waals surface area (Å²) in [4.78, 5) is 16.8. The molecule has 35 heavy (non-hydrogen) atoms. The van der Waals surface area contributed by atoms with E-state index >= 15 is 0 Å². The van der Waals surface area contributed by atoms with Crippen molar-refractivity contribution >= 4 is 17.5 Å². The zero-order valence-electron chi connectivity index (χ0n) is 18.3. The van der Waals surface area contributed by atoms with Crippen LogP contribution in [0.15, 0.2) is 48.9 Å². The van der Waals surface area contributed by atoms with Gasteiger partial charge in [-0.15, -0.1) is 0 Å². The number of aliphatic hydroxyl groups is 1. The molecule has 2 bridgehead atoms. The Bertz CT molecular complexity index is 1280. The maximum atomic E-state index is 12.9. The van der Waals surface area contributed by atoms with Crippen molar-refractivity contribution in [3.05, 3.63) is 59.5 Å². The van der Waals surface area contributed by atoms with Crippen molar-refractivity contribution in [3.63, 3.8) is 0 Å². The molecule has 182 valence electrons. The molecule has 2 aromatic heterocycles. The number of alkyl halides is 2. The molecule has 3 aromatic rings. The molecule has 0 unspecified atom stereocenters. The molecule has 11 heteroatoms. The highest BCUT2D eigenvalue weighted by atomic mass is 35.5. The minimum atomic E-state index is -2.92. The van der Waals surface area contributed by atoms with Gasteiger partial charge in [0.05, 0.1) is 17.8 Å². The van der Waals surface area contributed by atoms with Crippen LogP contribution < -0.4 is 14.8 Å². The molecule has 0 radical (unpaired) electrons. The lowest BCUT2D eigenvalue weighted by atomic mass is 9.44. The zero-order valence-corrected chi connectivity index (χ0v) is 19.1. The summed E-state index contributed by atoms with van der Waals surface area (Å²) in [7, 11) is 0. The Balaban J connectivity index is 1.08. The number of halogens is 3. The van der Waals surface area contributed by atoms with Crippen LogP contribution in [0.25, 0.3) is 11.1 Å². The number of fused-ring (bicyclic) bond motifs is 1. The summed E-state index contributed by atoms with van der Waals surface area (Å²) in [5, 5.41) is 18.6. The Morgan fingerprint density at radius 3 is 2.74 bits per heavy atom. The molecular formula is C24H21ClF2N4O4. The number of carbonyl (C=O) groups is 1. The van der Waals surface area contributed by atoms with E-state index in [1.807, 2.05) is 10.9 Å². The molecule has 1 aromatic carbocycles. The standard InChI is InChI=1S/C24H21ClF2N4O4/c25-15-2-3-18-16(5-15)17(32)6-19(34-18)21(33)30-23-10-24(11-23,12-23)31-9-14(8-29-31)13-1-4-20(28-7-13)35-22(26)27/h1-5,7-9,17,19,22,32H,6,10-12H2,(H,30,33)/t17-,19+,23?,24?/m1/s1. The maximum absolute atomic E-state index is 12.9. The molecule has 1 aliphatic heterocycles. The Kier molecular flexibility index (Phi) is 5.01. The molecule has 3 heterocycles. The minimum absolute atomic E-state index is 0.144.